The fourth-order valence-electron chi connectivity index (χ4n) is 10.4. The second-order valence-electron chi connectivity index (χ2n) is 12.8. The quantitative estimate of drug-likeness (QED) is 0.674. The highest BCUT2D eigenvalue weighted by atomic mass is 16.7. The van der Waals surface area contributed by atoms with Gasteiger partial charge in [0, 0.05) is 25.4 Å². The fourth-order valence-corrected chi connectivity index (χ4v) is 10.4. The summed E-state index contributed by atoms with van der Waals surface area (Å²) in [6.07, 6.45) is 6.40. The molecule has 1 spiro atoms. The number of methoxy groups -OCH3 is 1. The third-order valence-electron chi connectivity index (χ3n) is 12.5. The van der Waals surface area contributed by atoms with Crippen molar-refractivity contribution in [3.8, 4) is 0 Å². The molecule has 0 radical (unpaired) electrons. The minimum absolute atomic E-state index is 0.0209. The molecule has 30 heavy (non-hydrogen) atoms. The SMILES string of the molecule is COC1(C)C2CC2C2C3C(C)[C@@H](C)C4(O)CC5(CCC4(C)C3CCC21C)OCCO5. The van der Waals surface area contributed by atoms with Crippen LogP contribution in [0.25, 0.3) is 0 Å². The Morgan fingerprint density at radius 1 is 0.933 bits per heavy atom. The van der Waals surface area contributed by atoms with Crippen LogP contribution in [0.1, 0.15) is 73.1 Å². The van der Waals surface area contributed by atoms with Crippen molar-refractivity contribution in [2.45, 2.75) is 90.1 Å². The molecule has 6 fully saturated rings. The minimum Gasteiger partial charge on any atom is -0.389 e. The van der Waals surface area contributed by atoms with Crippen molar-refractivity contribution in [2.24, 2.45) is 52.3 Å². The van der Waals surface area contributed by atoms with E-state index in [-0.39, 0.29) is 22.3 Å². The van der Waals surface area contributed by atoms with Gasteiger partial charge in [0.25, 0.3) is 0 Å². The van der Waals surface area contributed by atoms with E-state index < -0.39 is 11.4 Å². The van der Waals surface area contributed by atoms with Crippen LogP contribution < -0.4 is 0 Å². The lowest BCUT2D eigenvalue weighted by atomic mass is 9.38. The smallest absolute Gasteiger partial charge is 0.171 e. The van der Waals surface area contributed by atoms with Crippen LogP contribution in [0.2, 0.25) is 0 Å². The van der Waals surface area contributed by atoms with Gasteiger partial charge in [0.15, 0.2) is 5.79 Å². The van der Waals surface area contributed by atoms with Crippen LogP contribution >= 0.6 is 0 Å². The van der Waals surface area contributed by atoms with E-state index in [1.807, 2.05) is 7.11 Å². The monoisotopic (exact) mass is 418 g/mol. The largest absolute Gasteiger partial charge is 0.389 e. The van der Waals surface area contributed by atoms with Crippen molar-refractivity contribution in [1.82, 2.24) is 0 Å². The lowest BCUT2D eigenvalue weighted by molar-refractivity contribution is -0.314. The second-order valence-corrected chi connectivity index (χ2v) is 12.8. The van der Waals surface area contributed by atoms with Crippen molar-refractivity contribution >= 4 is 0 Å². The van der Waals surface area contributed by atoms with E-state index in [0.717, 1.165) is 30.6 Å². The molecular weight excluding hydrogens is 376 g/mol. The summed E-state index contributed by atoms with van der Waals surface area (Å²) in [6, 6.07) is 0. The predicted molar refractivity (Wildman–Crippen MR) is 115 cm³/mol. The average molecular weight is 419 g/mol. The molecular formula is C26H42O4. The van der Waals surface area contributed by atoms with Gasteiger partial charge >= 0.3 is 0 Å². The Bertz CT molecular complexity index is 747. The maximum absolute atomic E-state index is 12.4. The standard InChI is InChI=1S/C26H42O4/c1-15-16(2)26(27)14-25(29-11-12-30-25)10-9-22(26,3)18-7-8-23(4)21(20(15)18)17-13-19(17)24(23,5)28-6/h15-21,27H,7-14H2,1-6H3/t15?,16-,17?,18?,19?,20?,21?,22?,23?,24?,26?/m1/s1. The number of aliphatic hydroxyl groups is 1. The molecule has 0 aromatic heterocycles. The van der Waals surface area contributed by atoms with Crippen LogP contribution in [-0.4, -0.2) is 42.4 Å². The first kappa shape index (κ1) is 20.4. The Kier molecular flexibility index (Phi) is 3.98. The average Bonchev–Trinajstić information content (AvgIpc) is 3.34. The minimum atomic E-state index is -0.712. The molecule has 11 atom stereocenters. The maximum atomic E-state index is 12.4. The van der Waals surface area contributed by atoms with E-state index in [2.05, 4.69) is 34.6 Å². The third kappa shape index (κ3) is 2.05. The van der Waals surface area contributed by atoms with Crippen LogP contribution in [0.4, 0.5) is 0 Å². The van der Waals surface area contributed by atoms with Crippen molar-refractivity contribution in [2.75, 3.05) is 20.3 Å². The topological polar surface area (TPSA) is 47.9 Å². The first-order chi connectivity index (χ1) is 14.1. The summed E-state index contributed by atoms with van der Waals surface area (Å²) >= 11 is 0. The molecule has 170 valence electrons. The number of hydrogen-bond acceptors (Lipinski definition) is 4. The van der Waals surface area contributed by atoms with Gasteiger partial charge < -0.3 is 19.3 Å². The van der Waals surface area contributed by atoms with Crippen molar-refractivity contribution in [3.63, 3.8) is 0 Å². The molecule has 0 amide bonds. The Labute approximate surface area is 182 Å². The van der Waals surface area contributed by atoms with Crippen LogP contribution in [-0.2, 0) is 14.2 Å². The van der Waals surface area contributed by atoms with Crippen molar-refractivity contribution in [1.29, 1.82) is 0 Å². The van der Waals surface area contributed by atoms with Crippen LogP contribution in [0.5, 0.6) is 0 Å². The summed E-state index contributed by atoms with van der Waals surface area (Å²) in [6.45, 7) is 13.5. The summed E-state index contributed by atoms with van der Waals surface area (Å²) in [5.74, 6) is 3.80. The molecule has 5 saturated carbocycles. The van der Waals surface area contributed by atoms with Gasteiger partial charge in [0.1, 0.15) is 0 Å². The predicted octanol–water partition coefficient (Wildman–Crippen LogP) is 4.64. The van der Waals surface area contributed by atoms with Crippen LogP contribution in [0, 0.1) is 52.3 Å². The van der Waals surface area contributed by atoms with Gasteiger partial charge in [-0.15, -0.1) is 0 Å². The van der Waals surface area contributed by atoms with Gasteiger partial charge in [-0.2, -0.15) is 0 Å². The zero-order valence-electron chi connectivity index (χ0n) is 19.9. The van der Waals surface area contributed by atoms with E-state index >= 15 is 0 Å². The summed E-state index contributed by atoms with van der Waals surface area (Å²) in [7, 11) is 1.95. The van der Waals surface area contributed by atoms with Gasteiger partial charge in [-0.05, 0) is 79.4 Å². The van der Waals surface area contributed by atoms with Crippen LogP contribution in [0.15, 0.2) is 0 Å². The van der Waals surface area contributed by atoms with Gasteiger partial charge in [-0.3, -0.25) is 0 Å². The highest BCUT2D eigenvalue weighted by Crippen LogP contribution is 2.79. The molecule has 5 aliphatic carbocycles. The molecule has 1 aliphatic heterocycles. The summed E-state index contributed by atoms with van der Waals surface area (Å²) in [5.41, 5.74) is -0.477. The summed E-state index contributed by atoms with van der Waals surface area (Å²) in [4.78, 5) is 0. The molecule has 1 N–H and O–H groups in total. The molecule has 1 saturated heterocycles. The molecule has 6 rings (SSSR count). The first-order valence-corrected chi connectivity index (χ1v) is 12.6. The summed E-state index contributed by atoms with van der Waals surface area (Å²) in [5, 5.41) is 12.4. The Morgan fingerprint density at radius 3 is 2.30 bits per heavy atom. The Morgan fingerprint density at radius 2 is 1.63 bits per heavy atom. The molecule has 6 aliphatic rings. The number of rotatable bonds is 1. The van der Waals surface area contributed by atoms with E-state index in [0.29, 0.717) is 37.4 Å². The van der Waals surface area contributed by atoms with E-state index in [4.69, 9.17) is 14.2 Å². The Balaban J connectivity index is 1.41. The van der Waals surface area contributed by atoms with Crippen molar-refractivity contribution < 1.29 is 19.3 Å². The third-order valence-corrected chi connectivity index (χ3v) is 12.5. The number of fused-ring (bicyclic) bond motifs is 7. The van der Waals surface area contributed by atoms with E-state index in [9.17, 15) is 5.11 Å². The van der Waals surface area contributed by atoms with Crippen molar-refractivity contribution in [3.05, 3.63) is 0 Å². The number of ether oxygens (including phenoxy) is 3. The van der Waals surface area contributed by atoms with E-state index in [1.165, 1.54) is 19.3 Å². The molecule has 10 unspecified atom stereocenters. The normalized spacial score (nSPS) is 63.1. The molecule has 4 heteroatoms. The molecule has 4 nitrogen and oxygen atoms in total. The summed E-state index contributed by atoms with van der Waals surface area (Å²) < 4.78 is 18.5. The van der Waals surface area contributed by atoms with Crippen LogP contribution in [0.3, 0.4) is 0 Å². The Hall–Kier alpha value is -0.160. The van der Waals surface area contributed by atoms with Gasteiger partial charge in [0.2, 0.25) is 0 Å². The molecule has 0 bridgehead atoms. The number of hydrogen-bond donors (Lipinski definition) is 1. The highest BCUT2D eigenvalue weighted by molar-refractivity contribution is 5.26. The molecule has 1 heterocycles. The lowest BCUT2D eigenvalue weighted by Crippen LogP contribution is -2.71. The van der Waals surface area contributed by atoms with Gasteiger partial charge in [-0.25, -0.2) is 0 Å². The maximum Gasteiger partial charge on any atom is 0.171 e. The fraction of sp³-hybridized carbons (Fsp3) is 1.00. The highest BCUT2D eigenvalue weighted by Gasteiger charge is 2.78. The molecule has 0 aromatic rings. The second kappa shape index (κ2) is 5.85. The van der Waals surface area contributed by atoms with E-state index in [1.54, 1.807) is 0 Å². The van der Waals surface area contributed by atoms with Gasteiger partial charge in [-0.1, -0.05) is 27.7 Å². The molecule has 0 aromatic carbocycles. The first-order valence-electron chi connectivity index (χ1n) is 12.6. The lowest BCUT2D eigenvalue weighted by Gasteiger charge is -2.69. The van der Waals surface area contributed by atoms with Gasteiger partial charge in [0.05, 0.1) is 24.4 Å². The zero-order valence-corrected chi connectivity index (χ0v) is 19.9. The zero-order chi connectivity index (χ0) is 21.3.